The van der Waals surface area contributed by atoms with E-state index in [2.05, 4.69) is 4.98 Å². The Morgan fingerprint density at radius 2 is 2.36 bits per heavy atom. The molecule has 2 aromatic rings. The minimum absolute atomic E-state index is 0.00625. The van der Waals surface area contributed by atoms with Crippen LogP contribution in [-0.4, -0.2) is 18.1 Å². The highest BCUT2D eigenvalue weighted by Gasteiger charge is 2.04. The molecule has 0 fully saturated rings. The molecule has 1 aromatic carbocycles. The summed E-state index contributed by atoms with van der Waals surface area (Å²) in [5, 5.41) is 10.5. The van der Waals surface area contributed by atoms with E-state index in [9.17, 15) is 9.90 Å². The first kappa shape index (κ1) is 8.96. The second-order valence-corrected chi connectivity index (χ2v) is 3.67. The maximum absolute atomic E-state index is 10.5. The molecule has 0 atom stereocenters. The standard InChI is InChI=1S/C9H7NO3S/c1-13-5-2-3-6-7(4-5)14-8(10-6)9(11)12/h2-4H,1H3,(H,11,12)/p-1. The normalized spacial score (nSPS) is 10.4. The monoisotopic (exact) mass is 208 g/mol. The number of carbonyl (C=O) groups excluding carboxylic acids is 1. The minimum Gasteiger partial charge on any atom is -0.542 e. The lowest BCUT2D eigenvalue weighted by atomic mass is 10.3. The average Bonchev–Trinajstić information content (AvgIpc) is 2.59. The zero-order chi connectivity index (χ0) is 10.1. The van der Waals surface area contributed by atoms with Crippen LogP contribution >= 0.6 is 11.3 Å². The molecular formula is C9H6NO3S-. The Morgan fingerprint density at radius 1 is 1.57 bits per heavy atom. The predicted octanol–water partition coefficient (Wildman–Crippen LogP) is 0.668. The van der Waals surface area contributed by atoms with Gasteiger partial charge in [-0.25, -0.2) is 4.98 Å². The molecule has 0 N–H and O–H groups in total. The lowest BCUT2D eigenvalue weighted by molar-refractivity contribution is -0.255. The van der Waals surface area contributed by atoms with Gasteiger partial charge < -0.3 is 14.6 Å². The SMILES string of the molecule is COc1ccc2nc(C(=O)[O-])sc2c1. The fourth-order valence-electron chi connectivity index (χ4n) is 1.12. The zero-order valence-electron chi connectivity index (χ0n) is 7.31. The third-order valence-electron chi connectivity index (χ3n) is 1.77. The number of fused-ring (bicyclic) bond motifs is 1. The molecule has 14 heavy (non-hydrogen) atoms. The van der Waals surface area contributed by atoms with E-state index >= 15 is 0 Å². The molecule has 0 unspecified atom stereocenters. The van der Waals surface area contributed by atoms with E-state index in [-0.39, 0.29) is 5.01 Å². The van der Waals surface area contributed by atoms with Crippen LogP contribution < -0.4 is 9.84 Å². The first-order valence-electron chi connectivity index (χ1n) is 3.86. The first-order valence-corrected chi connectivity index (χ1v) is 4.68. The summed E-state index contributed by atoms with van der Waals surface area (Å²) in [5.74, 6) is -0.559. The van der Waals surface area contributed by atoms with E-state index in [0.29, 0.717) is 11.3 Å². The lowest BCUT2D eigenvalue weighted by Crippen LogP contribution is -2.21. The zero-order valence-corrected chi connectivity index (χ0v) is 8.13. The number of hydrogen-bond acceptors (Lipinski definition) is 5. The Kier molecular flexibility index (Phi) is 2.09. The smallest absolute Gasteiger partial charge is 0.140 e. The second kappa shape index (κ2) is 3.26. The number of ether oxygens (including phenoxy) is 1. The van der Waals surface area contributed by atoms with Gasteiger partial charge in [-0.15, -0.1) is 11.3 Å². The summed E-state index contributed by atoms with van der Waals surface area (Å²) in [6.45, 7) is 0. The maximum atomic E-state index is 10.5. The molecule has 0 radical (unpaired) electrons. The van der Waals surface area contributed by atoms with E-state index in [1.54, 1.807) is 25.3 Å². The van der Waals surface area contributed by atoms with Crippen LogP contribution in [0, 0.1) is 0 Å². The van der Waals surface area contributed by atoms with Crippen molar-refractivity contribution in [3.63, 3.8) is 0 Å². The van der Waals surface area contributed by atoms with Gasteiger partial charge in [-0.05, 0) is 18.2 Å². The number of carbonyl (C=O) groups is 1. The Hall–Kier alpha value is -1.62. The highest BCUT2D eigenvalue weighted by molar-refractivity contribution is 7.20. The van der Waals surface area contributed by atoms with Gasteiger partial charge in [0.15, 0.2) is 0 Å². The van der Waals surface area contributed by atoms with Crippen LogP contribution in [0.5, 0.6) is 5.75 Å². The highest BCUT2D eigenvalue weighted by atomic mass is 32.1. The van der Waals surface area contributed by atoms with Gasteiger partial charge in [-0.3, -0.25) is 0 Å². The minimum atomic E-state index is -1.25. The average molecular weight is 208 g/mol. The highest BCUT2D eigenvalue weighted by Crippen LogP contribution is 2.25. The molecule has 0 saturated heterocycles. The van der Waals surface area contributed by atoms with Gasteiger partial charge in [-0.1, -0.05) is 0 Å². The quantitative estimate of drug-likeness (QED) is 0.727. The molecule has 0 bridgehead atoms. The summed E-state index contributed by atoms with van der Waals surface area (Å²) in [7, 11) is 1.56. The van der Waals surface area contributed by atoms with Crippen LogP contribution in [0.15, 0.2) is 18.2 Å². The number of nitrogens with zero attached hydrogens (tertiary/aromatic N) is 1. The third-order valence-corrected chi connectivity index (χ3v) is 2.77. The number of carboxylic acid groups (broad SMARTS) is 1. The van der Waals surface area contributed by atoms with Gasteiger partial charge in [0.25, 0.3) is 0 Å². The number of thiazole rings is 1. The molecular weight excluding hydrogens is 202 g/mol. The summed E-state index contributed by atoms with van der Waals surface area (Å²) >= 11 is 1.08. The van der Waals surface area contributed by atoms with Crippen molar-refractivity contribution in [1.29, 1.82) is 0 Å². The fraction of sp³-hybridized carbons (Fsp3) is 0.111. The molecule has 1 heterocycles. The summed E-state index contributed by atoms with van der Waals surface area (Å²) in [5.41, 5.74) is 0.648. The predicted molar refractivity (Wildman–Crippen MR) is 50.5 cm³/mol. The molecule has 1 aromatic heterocycles. The van der Waals surface area contributed by atoms with Crippen LogP contribution in [0.3, 0.4) is 0 Å². The Balaban J connectivity index is 2.60. The van der Waals surface area contributed by atoms with E-state index in [4.69, 9.17) is 4.74 Å². The molecule has 0 aliphatic heterocycles. The molecule has 0 spiro atoms. The van der Waals surface area contributed by atoms with Gasteiger partial charge in [0.2, 0.25) is 0 Å². The molecule has 0 aliphatic rings. The topological polar surface area (TPSA) is 62.2 Å². The summed E-state index contributed by atoms with van der Waals surface area (Å²) < 4.78 is 5.79. The van der Waals surface area contributed by atoms with Crippen LogP contribution in [0.25, 0.3) is 10.2 Å². The van der Waals surface area contributed by atoms with Crippen molar-refractivity contribution in [1.82, 2.24) is 4.98 Å². The fourth-order valence-corrected chi connectivity index (χ4v) is 1.95. The molecule has 0 amide bonds. The number of benzene rings is 1. The van der Waals surface area contributed by atoms with Crippen molar-refractivity contribution >= 4 is 27.5 Å². The maximum Gasteiger partial charge on any atom is 0.140 e. The van der Waals surface area contributed by atoms with E-state index in [1.807, 2.05) is 0 Å². The van der Waals surface area contributed by atoms with Crippen molar-refractivity contribution in [3.05, 3.63) is 23.2 Å². The van der Waals surface area contributed by atoms with Crippen molar-refractivity contribution in [3.8, 4) is 5.75 Å². The second-order valence-electron chi connectivity index (χ2n) is 2.64. The Labute approximate surface area is 83.8 Å². The van der Waals surface area contributed by atoms with Crippen LogP contribution in [-0.2, 0) is 0 Å². The van der Waals surface area contributed by atoms with Crippen LogP contribution in [0.2, 0.25) is 0 Å². The van der Waals surface area contributed by atoms with Gasteiger partial charge in [0.05, 0.1) is 17.3 Å². The molecule has 0 saturated carbocycles. The Bertz CT molecular complexity index is 492. The van der Waals surface area contributed by atoms with E-state index < -0.39 is 5.97 Å². The largest absolute Gasteiger partial charge is 0.542 e. The van der Waals surface area contributed by atoms with Gasteiger partial charge in [0.1, 0.15) is 16.7 Å². The Morgan fingerprint density at radius 3 is 3.00 bits per heavy atom. The molecule has 4 nitrogen and oxygen atoms in total. The first-order chi connectivity index (χ1) is 6.70. The lowest BCUT2D eigenvalue weighted by Gasteiger charge is -1.96. The van der Waals surface area contributed by atoms with Crippen LogP contribution in [0.4, 0.5) is 0 Å². The van der Waals surface area contributed by atoms with Gasteiger partial charge >= 0.3 is 0 Å². The molecule has 72 valence electrons. The van der Waals surface area contributed by atoms with E-state index in [0.717, 1.165) is 16.0 Å². The van der Waals surface area contributed by atoms with E-state index in [1.165, 1.54) is 0 Å². The van der Waals surface area contributed by atoms with Crippen molar-refractivity contribution in [2.45, 2.75) is 0 Å². The van der Waals surface area contributed by atoms with Crippen molar-refractivity contribution in [2.75, 3.05) is 7.11 Å². The summed E-state index contributed by atoms with van der Waals surface area (Å²) in [6, 6.07) is 5.21. The molecule has 0 aliphatic carbocycles. The third kappa shape index (κ3) is 1.42. The van der Waals surface area contributed by atoms with Crippen molar-refractivity contribution in [2.24, 2.45) is 0 Å². The van der Waals surface area contributed by atoms with Crippen LogP contribution in [0.1, 0.15) is 9.80 Å². The van der Waals surface area contributed by atoms with Gasteiger partial charge in [-0.2, -0.15) is 0 Å². The number of hydrogen-bond donors (Lipinski definition) is 0. The summed E-state index contributed by atoms with van der Waals surface area (Å²) in [4.78, 5) is 14.4. The number of aromatic carboxylic acids is 1. The number of carboxylic acids is 1. The molecule has 2 rings (SSSR count). The van der Waals surface area contributed by atoms with Gasteiger partial charge in [0, 0.05) is 0 Å². The molecule has 5 heteroatoms. The number of aromatic nitrogens is 1. The van der Waals surface area contributed by atoms with Crippen molar-refractivity contribution < 1.29 is 14.6 Å². The number of rotatable bonds is 2. The summed E-state index contributed by atoms with van der Waals surface area (Å²) in [6.07, 6.45) is 0. The number of methoxy groups -OCH3 is 1.